The topological polar surface area (TPSA) is 113 Å². The van der Waals surface area contributed by atoms with Crippen LogP contribution in [0.3, 0.4) is 0 Å². The second kappa shape index (κ2) is 12.0. The Balaban J connectivity index is 1.91. The van der Waals surface area contributed by atoms with Gasteiger partial charge < -0.3 is 10.4 Å². The van der Waals surface area contributed by atoms with Gasteiger partial charge >= 0.3 is 5.97 Å². The fraction of sp³-hybridized carbons (Fsp3) is 0.167. The molecule has 1 amide bonds. The molecule has 0 spiro atoms. The van der Waals surface area contributed by atoms with Gasteiger partial charge in [0.2, 0.25) is 15.9 Å². The molecule has 0 fully saturated rings. The Labute approximate surface area is 220 Å². The van der Waals surface area contributed by atoms with Gasteiger partial charge in [-0.05, 0) is 60.0 Å². The van der Waals surface area contributed by atoms with Crippen molar-refractivity contribution in [2.45, 2.75) is 29.8 Å². The van der Waals surface area contributed by atoms with Crippen LogP contribution in [0, 0.1) is 17.5 Å². The third kappa shape index (κ3) is 8.19. The average Bonchev–Trinajstić information content (AvgIpc) is 2.78. The third-order valence-corrected chi connectivity index (χ3v) is 6.98. The van der Waals surface area contributed by atoms with Crippen molar-refractivity contribution in [3.63, 3.8) is 0 Å². The molecule has 0 aliphatic heterocycles. The van der Waals surface area contributed by atoms with Gasteiger partial charge in [0.25, 0.3) is 0 Å². The summed E-state index contributed by atoms with van der Waals surface area (Å²) in [5.74, 6) is -5.00. The predicted octanol–water partition coefficient (Wildman–Crippen LogP) is 4.11. The molecule has 0 saturated heterocycles. The molecule has 3 aromatic carbocycles. The number of aliphatic carboxylic acids is 1. The number of carbonyl (C=O) groups is 2. The molecule has 2 atom stereocenters. The maximum atomic E-state index is 13.7. The molecule has 3 N–H and O–H groups in total. The Bertz CT molecular complexity index is 1380. The monoisotopic (exact) mass is 574 g/mol. The van der Waals surface area contributed by atoms with Crippen molar-refractivity contribution in [1.29, 1.82) is 0 Å². The molecule has 0 radical (unpaired) electrons. The summed E-state index contributed by atoms with van der Waals surface area (Å²) in [6, 6.07) is 7.49. The van der Waals surface area contributed by atoms with Crippen LogP contribution in [0.4, 0.5) is 13.2 Å². The molecule has 3 aromatic rings. The van der Waals surface area contributed by atoms with Gasteiger partial charge in [0, 0.05) is 22.5 Å². The number of hydrogen-bond donors (Lipinski definition) is 3. The summed E-state index contributed by atoms with van der Waals surface area (Å²) in [6.45, 7) is 0. The van der Waals surface area contributed by atoms with Crippen molar-refractivity contribution < 1.29 is 36.3 Å². The molecule has 196 valence electrons. The average molecular weight is 575 g/mol. The van der Waals surface area contributed by atoms with Gasteiger partial charge in [-0.2, -0.15) is 4.72 Å². The number of amides is 1. The fourth-order valence-corrected chi connectivity index (χ4v) is 5.34. The van der Waals surface area contributed by atoms with E-state index >= 15 is 0 Å². The molecular formula is C24H19Cl2F3N2O5S. The lowest BCUT2D eigenvalue weighted by Gasteiger charge is -2.22. The summed E-state index contributed by atoms with van der Waals surface area (Å²) < 4.78 is 68.8. The van der Waals surface area contributed by atoms with E-state index in [2.05, 4.69) is 10.0 Å². The van der Waals surface area contributed by atoms with E-state index in [1.165, 1.54) is 18.2 Å². The Morgan fingerprint density at radius 3 is 1.86 bits per heavy atom. The van der Waals surface area contributed by atoms with Crippen LogP contribution < -0.4 is 10.0 Å². The highest BCUT2D eigenvalue weighted by molar-refractivity contribution is 7.89. The molecule has 7 nitrogen and oxygen atoms in total. The van der Waals surface area contributed by atoms with E-state index in [1.807, 2.05) is 0 Å². The van der Waals surface area contributed by atoms with E-state index in [-0.39, 0.29) is 22.0 Å². The van der Waals surface area contributed by atoms with Crippen LogP contribution in [-0.4, -0.2) is 37.5 Å². The van der Waals surface area contributed by atoms with Crippen molar-refractivity contribution in [1.82, 2.24) is 10.0 Å². The molecule has 0 bridgehead atoms. The molecule has 0 unspecified atom stereocenters. The Morgan fingerprint density at radius 2 is 1.32 bits per heavy atom. The van der Waals surface area contributed by atoms with Crippen molar-refractivity contribution in [2.24, 2.45) is 0 Å². The van der Waals surface area contributed by atoms with Crippen molar-refractivity contribution in [3.8, 4) is 0 Å². The van der Waals surface area contributed by atoms with E-state index in [1.54, 1.807) is 0 Å². The van der Waals surface area contributed by atoms with Gasteiger partial charge in [-0.1, -0.05) is 35.3 Å². The maximum absolute atomic E-state index is 13.7. The molecule has 0 aromatic heterocycles. The lowest BCUT2D eigenvalue weighted by atomic mass is 10.0. The van der Waals surface area contributed by atoms with Crippen molar-refractivity contribution >= 4 is 45.1 Å². The Morgan fingerprint density at radius 1 is 0.784 bits per heavy atom. The first-order valence-electron chi connectivity index (χ1n) is 10.5. The lowest BCUT2D eigenvalue weighted by molar-refractivity contribution is -0.142. The quantitative estimate of drug-likeness (QED) is 0.337. The van der Waals surface area contributed by atoms with Crippen molar-refractivity contribution in [2.75, 3.05) is 0 Å². The first-order valence-corrected chi connectivity index (χ1v) is 12.8. The zero-order chi connectivity index (χ0) is 27.3. The first kappa shape index (κ1) is 28.5. The van der Waals surface area contributed by atoms with Crippen molar-refractivity contribution in [3.05, 3.63) is 99.3 Å². The van der Waals surface area contributed by atoms with Crippen LogP contribution in [0.5, 0.6) is 0 Å². The zero-order valence-electron chi connectivity index (χ0n) is 18.7. The van der Waals surface area contributed by atoms with E-state index in [4.69, 9.17) is 23.2 Å². The van der Waals surface area contributed by atoms with Crippen LogP contribution in [0.25, 0.3) is 0 Å². The molecule has 37 heavy (non-hydrogen) atoms. The SMILES string of the molecule is O=C(O)[C@H](Cc1ccc(F)cc1)NC(=O)[C@H](Cc1cc(F)cc(F)c1)NS(=O)(=O)c1cc(Cl)cc(Cl)c1. The van der Waals surface area contributed by atoms with E-state index in [0.717, 1.165) is 36.4 Å². The number of nitrogens with one attached hydrogen (secondary N) is 2. The Kier molecular flexibility index (Phi) is 9.19. The molecule has 13 heteroatoms. The van der Waals surface area contributed by atoms with Crippen LogP contribution in [-0.2, 0) is 32.5 Å². The molecule has 0 saturated carbocycles. The minimum Gasteiger partial charge on any atom is -0.480 e. The predicted molar refractivity (Wildman–Crippen MR) is 130 cm³/mol. The van der Waals surface area contributed by atoms with E-state index in [9.17, 15) is 36.3 Å². The minimum absolute atomic E-state index is 0.00804. The van der Waals surface area contributed by atoms with Gasteiger partial charge in [-0.3, -0.25) is 4.79 Å². The smallest absolute Gasteiger partial charge is 0.326 e. The summed E-state index contributed by atoms with van der Waals surface area (Å²) in [5.41, 5.74) is 0.307. The van der Waals surface area contributed by atoms with Crippen LogP contribution in [0.2, 0.25) is 10.0 Å². The number of benzene rings is 3. The van der Waals surface area contributed by atoms with Gasteiger partial charge in [0.15, 0.2) is 0 Å². The highest BCUT2D eigenvalue weighted by Crippen LogP contribution is 2.23. The maximum Gasteiger partial charge on any atom is 0.326 e. The standard InChI is InChI=1S/C24H19Cl2F3N2O5S/c25-15-9-16(26)11-20(10-15)37(35,36)31-21(8-14-5-18(28)12-19(29)6-14)23(32)30-22(24(33)34)7-13-1-3-17(27)4-2-13/h1-6,9-12,21-22,31H,7-8H2,(H,30,32)(H,33,34)/t21-,22-/m0/s1. The number of sulfonamides is 1. The number of carboxylic acid groups (broad SMARTS) is 1. The summed E-state index contributed by atoms with van der Waals surface area (Å²) in [5, 5.41) is 11.8. The van der Waals surface area contributed by atoms with Gasteiger partial charge in [-0.15, -0.1) is 0 Å². The van der Waals surface area contributed by atoms with E-state index < -0.39 is 62.8 Å². The van der Waals surface area contributed by atoms with Crippen LogP contribution in [0.1, 0.15) is 11.1 Å². The number of halogens is 5. The highest BCUT2D eigenvalue weighted by Gasteiger charge is 2.30. The second-order valence-electron chi connectivity index (χ2n) is 7.99. The lowest BCUT2D eigenvalue weighted by Crippen LogP contribution is -2.53. The zero-order valence-corrected chi connectivity index (χ0v) is 21.0. The van der Waals surface area contributed by atoms with Gasteiger partial charge in [-0.25, -0.2) is 26.4 Å². The van der Waals surface area contributed by atoms with Gasteiger partial charge in [0.1, 0.15) is 29.5 Å². The molecule has 0 aliphatic carbocycles. The molecule has 0 aliphatic rings. The summed E-state index contributed by atoms with van der Waals surface area (Å²) in [6.07, 6.45) is -0.782. The largest absolute Gasteiger partial charge is 0.480 e. The number of rotatable bonds is 10. The third-order valence-electron chi connectivity index (χ3n) is 5.09. The summed E-state index contributed by atoms with van der Waals surface area (Å²) >= 11 is 11.8. The number of hydrogen-bond acceptors (Lipinski definition) is 4. The minimum atomic E-state index is -4.47. The van der Waals surface area contributed by atoms with E-state index in [0.29, 0.717) is 11.6 Å². The highest BCUT2D eigenvalue weighted by atomic mass is 35.5. The van der Waals surface area contributed by atoms with Gasteiger partial charge in [0.05, 0.1) is 4.90 Å². The summed E-state index contributed by atoms with van der Waals surface area (Å²) in [7, 11) is -4.47. The first-order chi connectivity index (χ1) is 17.3. The molecule has 0 heterocycles. The van der Waals surface area contributed by atoms with Crippen LogP contribution >= 0.6 is 23.2 Å². The Hall–Kier alpha value is -3.12. The number of carbonyl (C=O) groups excluding carboxylic acids is 1. The second-order valence-corrected chi connectivity index (χ2v) is 10.6. The number of carboxylic acids is 1. The molecular weight excluding hydrogens is 556 g/mol. The molecule has 3 rings (SSSR count). The summed E-state index contributed by atoms with van der Waals surface area (Å²) in [4.78, 5) is 24.5. The normalized spacial score (nSPS) is 13.1. The van der Waals surface area contributed by atoms with Crippen LogP contribution in [0.15, 0.2) is 65.6 Å². The fourth-order valence-electron chi connectivity index (χ4n) is 3.42.